The molecule has 1 aliphatic rings. The van der Waals surface area contributed by atoms with Crippen molar-refractivity contribution >= 4 is 27.7 Å². The van der Waals surface area contributed by atoms with E-state index in [4.69, 9.17) is 0 Å². The third-order valence-corrected chi connectivity index (χ3v) is 7.59. The van der Waals surface area contributed by atoms with Gasteiger partial charge in [-0.1, -0.05) is 68.1 Å². The van der Waals surface area contributed by atoms with Crippen molar-refractivity contribution in [2.45, 2.75) is 91.4 Å². The number of rotatable bonds is 10. The Balaban J connectivity index is 1.81. The molecule has 3 rings (SSSR count). The van der Waals surface area contributed by atoms with Crippen LogP contribution in [0.5, 0.6) is 0 Å². The van der Waals surface area contributed by atoms with E-state index in [2.05, 4.69) is 74.9 Å². The van der Waals surface area contributed by atoms with E-state index in [-0.39, 0.29) is 36.4 Å². The van der Waals surface area contributed by atoms with Crippen LogP contribution in [0.25, 0.3) is 0 Å². The van der Waals surface area contributed by atoms with Gasteiger partial charge >= 0.3 is 0 Å². The lowest BCUT2D eigenvalue weighted by Gasteiger charge is -2.37. The second-order valence-corrected chi connectivity index (χ2v) is 10.9. The zero-order valence-corrected chi connectivity index (χ0v) is 22.8. The number of benzene rings is 1. The van der Waals surface area contributed by atoms with E-state index in [0.717, 1.165) is 48.8 Å². The molecule has 1 heterocycles. The van der Waals surface area contributed by atoms with Crippen LogP contribution in [0.15, 0.2) is 47.1 Å². The van der Waals surface area contributed by atoms with Crippen molar-refractivity contribution in [3.05, 3.63) is 58.3 Å². The summed E-state index contributed by atoms with van der Waals surface area (Å²) in [4.78, 5) is 30.5. The third-order valence-electron chi connectivity index (χ3n) is 7.06. The maximum Gasteiger partial charge on any atom is 0.242 e. The largest absolute Gasteiger partial charge is 0.345 e. The molecule has 6 heteroatoms. The molecule has 0 bridgehead atoms. The SMILES string of the molecule is CCC(C)N(CC(=O)N(Cc1cccn1Cc1ccc(Br)cc1)C1CCCCC1)C(=O)C(C)C. The molecule has 1 aliphatic carbocycles. The van der Waals surface area contributed by atoms with E-state index in [1.54, 1.807) is 4.90 Å². The lowest BCUT2D eigenvalue weighted by molar-refractivity contribution is -0.146. The van der Waals surface area contributed by atoms with Gasteiger partial charge in [0.1, 0.15) is 6.54 Å². The number of halogens is 1. The van der Waals surface area contributed by atoms with Gasteiger partial charge in [0.05, 0.1) is 6.54 Å². The molecule has 1 saturated carbocycles. The Labute approximate surface area is 213 Å². The smallest absolute Gasteiger partial charge is 0.242 e. The number of amides is 2. The van der Waals surface area contributed by atoms with Crippen LogP contribution >= 0.6 is 15.9 Å². The predicted molar refractivity (Wildman–Crippen MR) is 141 cm³/mol. The number of hydrogen-bond donors (Lipinski definition) is 0. The van der Waals surface area contributed by atoms with Crippen molar-refractivity contribution in [2.75, 3.05) is 6.54 Å². The fourth-order valence-electron chi connectivity index (χ4n) is 4.76. The maximum absolute atomic E-state index is 13.8. The van der Waals surface area contributed by atoms with Gasteiger partial charge < -0.3 is 14.4 Å². The summed E-state index contributed by atoms with van der Waals surface area (Å²) in [6, 6.07) is 12.8. The van der Waals surface area contributed by atoms with Crippen molar-refractivity contribution in [3.8, 4) is 0 Å². The molecule has 0 aliphatic heterocycles. The van der Waals surface area contributed by atoms with Crippen molar-refractivity contribution in [1.29, 1.82) is 0 Å². The Morgan fingerprint density at radius 1 is 1.06 bits per heavy atom. The lowest BCUT2D eigenvalue weighted by Crippen LogP contribution is -2.50. The third kappa shape index (κ3) is 6.97. The van der Waals surface area contributed by atoms with Gasteiger partial charge in [0, 0.05) is 40.9 Å². The first-order chi connectivity index (χ1) is 16.3. The number of hydrogen-bond acceptors (Lipinski definition) is 2. The maximum atomic E-state index is 13.8. The lowest BCUT2D eigenvalue weighted by atomic mass is 9.94. The molecule has 2 amide bonds. The van der Waals surface area contributed by atoms with Gasteiger partial charge in [-0.15, -0.1) is 0 Å². The summed E-state index contributed by atoms with van der Waals surface area (Å²) in [6.07, 6.45) is 8.58. The van der Waals surface area contributed by atoms with Crippen LogP contribution in [0.2, 0.25) is 0 Å². The van der Waals surface area contributed by atoms with Crippen LogP contribution in [-0.2, 0) is 22.7 Å². The molecular formula is C28H40BrN3O2. The van der Waals surface area contributed by atoms with Crippen molar-refractivity contribution in [2.24, 2.45) is 5.92 Å². The molecule has 186 valence electrons. The van der Waals surface area contributed by atoms with Gasteiger partial charge in [0.25, 0.3) is 0 Å². The first kappa shape index (κ1) is 26.5. The highest BCUT2D eigenvalue weighted by atomic mass is 79.9. The molecule has 34 heavy (non-hydrogen) atoms. The predicted octanol–water partition coefficient (Wildman–Crippen LogP) is 6.24. The molecule has 1 fully saturated rings. The molecule has 0 saturated heterocycles. The van der Waals surface area contributed by atoms with Crippen molar-refractivity contribution < 1.29 is 9.59 Å². The average molecular weight is 531 g/mol. The Morgan fingerprint density at radius 3 is 2.35 bits per heavy atom. The van der Waals surface area contributed by atoms with Gasteiger partial charge in [-0.25, -0.2) is 0 Å². The number of nitrogens with zero attached hydrogens (tertiary/aromatic N) is 3. The summed E-state index contributed by atoms with van der Waals surface area (Å²) in [5, 5.41) is 0. The average Bonchev–Trinajstić information content (AvgIpc) is 3.28. The van der Waals surface area contributed by atoms with E-state index in [1.807, 2.05) is 20.8 Å². The molecule has 0 radical (unpaired) electrons. The highest BCUT2D eigenvalue weighted by molar-refractivity contribution is 9.10. The van der Waals surface area contributed by atoms with Crippen molar-refractivity contribution in [1.82, 2.24) is 14.4 Å². The molecule has 5 nitrogen and oxygen atoms in total. The molecular weight excluding hydrogens is 490 g/mol. The Hall–Kier alpha value is -2.08. The minimum absolute atomic E-state index is 0.0494. The van der Waals surface area contributed by atoms with Gasteiger partial charge in [-0.2, -0.15) is 0 Å². The van der Waals surface area contributed by atoms with Gasteiger partial charge in [-0.05, 0) is 56.0 Å². The summed E-state index contributed by atoms with van der Waals surface area (Å²) in [5.41, 5.74) is 2.36. The Morgan fingerprint density at radius 2 is 1.74 bits per heavy atom. The van der Waals surface area contributed by atoms with Gasteiger partial charge in [0.2, 0.25) is 11.8 Å². The van der Waals surface area contributed by atoms with Crippen LogP contribution in [0, 0.1) is 5.92 Å². The quantitative estimate of drug-likeness (QED) is 0.365. The zero-order chi connectivity index (χ0) is 24.7. The standard InChI is InChI=1S/C28H40BrN3O2/c1-5-22(4)31(28(34)21(2)3)20-27(33)32(25-10-7-6-8-11-25)19-26-12-9-17-30(26)18-23-13-15-24(29)16-14-23/h9,12-17,21-22,25H,5-8,10-11,18-20H2,1-4H3. The number of carbonyl (C=O) groups is 2. The molecule has 1 aromatic carbocycles. The Bertz CT molecular complexity index is 931. The molecule has 0 spiro atoms. The molecule has 1 atom stereocenters. The van der Waals surface area contributed by atoms with E-state index in [9.17, 15) is 9.59 Å². The van der Waals surface area contributed by atoms with E-state index < -0.39 is 0 Å². The van der Waals surface area contributed by atoms with Gasteiger partial charge in [-0.3, -0.25) is 9.59 Å². The van der Waals surface area contributed by atoms with Crippen LogP contribution in [0.4, 0.5) is 0 Å². The molecule has 1 unspecified atom stereocenters. The molecule has 2 aromatic rings. The van der Waals surface area contributed by atoms with Crippen LogP contribution in [0.1, 0.15) is 77.5 Å². The number of carbonyl (C=O) groups excluding carboxylic acids is 2. The molecule has 1 aromatic heterocycles. The second kappa shape index (κ2) is 12.6. The number of aromatic nitrogens is 1. The summed E-state index contributed by atoms with van der Waals surface area (Å²) in [7, 11) is 0. The topological polar surface area (TPSA) is 45.6 Å². The van der Waals surface area contributed by atoms with E-state index in [1.165, 1.54) is 12.0 Å². The minimum atomic E-state index is -0.118. The minimum Gasteiger partial charge on any atom is -0.345 e. The highest BCUT2D eigenvalue weighted by Gasteiger charge is 2.30. The summed E-state index contributed by atoms with van der Waals surface area (Å²) >= 11 is 3.51. The first-order valence-electron chi connectivity index (χ1n) is 12.8. The fraction of sp³-hybridized carbons (Fsp3) is 0.571. The summed E-state index contributed by atoms with van der Waals surface area (Å²) in [5.74, 6) is 0.00979. The molecule has 0 N–H and O–H groups in total. The Kier molecular flexibility index (Phi) is 9.81. The van der Waals surface area contributed by atoms with E-state index in [0.29, 0.717) is 6.54 Å². The first-order valence-corrected chi connectivity index (χ1v) is 13.6. The van der Waals surface area contributed by atoms with E-state index >= 15 is 0 Å². The van der Waals surface area contributed by atoms with Crippen LogP contribution in [0.3, 0.4) is 0 Å². The summed E-state index contributed by atoms with van der Waals surface area (Å²) < 4.78 is 3.30. The van der Waals surface area contributed by atoms with Gasteiger partial charge in [0.15, 0.2) is 0 Å². The van der Waals surface area contributed by atoms with Crippen LogP contribution < -0.4 is 0 Å². The van der Waals surface area contributed by atoms with Crippen molar-refractivity contribution in [3.63, 3.8) is 0 Å². The normalized spacial score (nSPS) is 15.4. The zero-order valence-electron chi connectivity index (χ0n) is 21.2. The monoisotopic (exact) mass is 529 g/mol. The highest BCUT2D eigenvalue weighted by Crippen LogP contribution is 2.25. The van der Waals surface area contributed by atoms with Crippen LogP contribution in [-0.4, -0.2) is 44.8 Å². The second-order valence-electron chi connectivity index (χ2n) is 9.95. The summed E-state index contributed by atoms with van der Waals surface area (Å²) in [6.45, 7) is 9.46. The fourth-order valence-corrected chi connectivity index (χ4v) is 5.03.